The average molecular weight is 275 g/mol. The summed E-state index contributed by atoms with van der Waals surface area (Å²) in [6.45, 7) is 0. The predicted octanol–water partition coefficient (Wildman–Crippen LogP) is 0.404. The van der Waals surface area contributed by atoms with Crippen molar-refractivity contribution in [3.8, 4) is 5.75 Å². The highest BCUT2D eigenvalue weighted by atomic mass is 32.2. The van der Waals surface area contributed by atoms with E-state index in [9.17, 15) is 17.9 Å². The van der Waals surface area contributed by atoms with E-state index in [2.05, 4.69) is 5.32 Å². The van der Waals surface area contributed by atoms with Gasteiger partial charge >= 0.3 is 0 Å². The molecule has 2 atom stereocenters. The maximum atomic E-state index is 13.2. The molecule has 2 rings (SSSR count). The third-order valence-electron chi connectivity index (χ3n) is 2.83. The highest BCUT2D eigenvalue weighted by Crippen LogP contribution is 2.24. The number of methoxy groups -OCH3 is 1. The first-order valence-corrected chi connectivity index (χ1v) is 7.22. The normalized spacial score (nSPS) is 25.9. The van der Waals surface area contributed by atoms with Crippen molar-refractivity contribution in [3.05, 3.63) is 24.0 Å². The van der Waals surface area contributed by atoms with E-state index in [-0.39, 0.29) is 17.3 Å². The second-order valence-corrected chi connectivity index (χ2v) is 6.40. The van der Waals surface area contributed by atoms with Crippen LogP contribution in [0, 0.1) is 5.82 Å². The lowest BCUT2D eigenvalue weighted by atomic mass is 10.2. The number of rotatable bonds is 3. The lowest BCUT2D eigenvalue weighted by Crippen LogP contribution is -2.31. The van der Waals surface area contributed by atoms with Gasteiger partial charge in [0.2, 0.25) is 0 Å². The van der Waals surface area contributed by atoms with E-state index in [1.807, 2.05) is 0 Å². The van der Waals surface area contributed by atoms with E-state index in [0.717, 1.165) is 0 Å². The first kappa shape index (κ1) is 13.1. The van der Waals surface area contributed by atoms with Gasteiger partial charge in [0.05, 0.1) is 30.8 Å². The van der Waals surface area contributed by atoms with E-state index < -0.39 is 27.8 Å². The summed E-state index contributed by atoms with van der Waals surface area (Å²) in [6.07, 6.45) is -0.953. The molecule has 1 aromatic rings. The highest BCUT2D eigenvalue weighted by Gasteiger charge is 2.36. The monoisotopic (exact) mass is 275 g/mol. The Kier molecular flexibility index (Phi) is 3.45. The molecule has 0 bridgehead atoms. The lowest BCUT2D eigenvalue weighted by molar-refractivity contribution is 0.190. The summed E-state index contributed by atoms with van der Waals surface area (Å²) in [5, 5.41) is 12.5. The number of sulfone groups is 1. The van der Waals surface area contributed by atoms with Crippen LogP contribution in [0.2, 0.25) is 0 Å². The van der Waals surface area contributed by atoms with Crippen molar-refractivity contribution < 1.29 is 22.7 Å². The van der Waals surface area contributed by atoms with Gasteiger partial charge in [-0.3, -0.25) is 0 Å². The number of nitrogens with one attached hydrogen (secondary N) is 1. The van der Waals surface area contributed by atoms with Crippen LogP contribution in [0.4, 0.5) is 10.1 Å². The molecule has 5 nitrogen and oxygen atoms in total. The van der Waals surface area contributed by atoms with E-state index >= 15 is 0 Å². The van der Waals surface area contributed by atoms with Crippen molar-refractivity contribution in [2.45, 2.75) is 12.1 Å². The zero-order valence-corrected chi connectivity index (χ0v) is 10.6. The predicted molar refractivity (Wildman–Crippen MR) is 65.0 cm³/mol. The van der Waals surface area contributed by atoms with Gasteiger partial charge < -0.3 is 15.2 Å². The van der Waals surface area contributed by atoms with Crippen LogP contribution in [-0.2, 0) is 9.84 Å². The molecule has 7 heteroatoms. The Morgan fingerprint density at radius 2 is 2.17 bits per heavy atom. The van der Waals surface area contributed by atoms with E-state index in [1.54, 1.807) is 0 Å². The zero-order chi connectivity index (χ0) is 13.3. The second kappa shape index (κ2) is 4.74. The summed E-state index contributed by atoms with van der Waals surface area (Å²) in [7, 11) is -1.86. The molecule has 1 aliphatic rings. The zero-order valence-electron chi connectivity index (χ0n) is 9.76. The maximum Gasteiger partial charge on any atom is 0.165 e. The van der Waals surface area contributed by atoms with Gasteiger partial charge in [-0.15, -0.1) is 0 Å². The number of hydrogen-bond acceptors (Lipinski definition) is 5. The molecular weight excluding hydrogens is 261 g/mol. The standard InChI is InChI=1S/C11H14FNO4S/c1-17-11-4-7(2-3-8(11)12)13-9-5-18(15,16)6-10(9)14/h2-4,9-10,13-14H,5-6H2,1H3. The summed E-state index contributed by atoms with van der Waals surface area (Å²) in [5.74, 6) is -0.811. The van der Waals surface area contributed by atoms with Gasteiger partial charge in [0, 0.05) is 11.8 Å². The summed E-state index contributed by atoms with van der Waals surface area (Å²) in [5.41, 5.74) is 0.509. The Morgan fingerprint density at radius 3 is 2.72 bits per heavy atom. The molecule has 2 N–H and O–H groups in total. The molecule has 0 amide bonds. The largest absolute Gasteiger partial charge is 0.494 e. The minimum Gasteiger partial charge on any atom is -0.494 e. The number of ether oxygens (including phenoxy) is 1. The lowest BCUT2D eigenvalue weighted by Gasteiger charge is -2.16. The van der Waals surface area contributed by atoms with Gasteiger partial charge in [0.25, 0.3) is 0 Å². The van der Waals surface area contributed by atoms with Crippen LogP contribution in [0.5, 0.6) is 5.75 Å². The Bertz CT molecular complexity index is 546. The summed E-state index contributed by atoms with van der Waals surface area (Å²) < 4.78 is 40.7. The van der Waals surface area contributed by atoms with E-state index in [0.29, 0.717) is 5.69 Å². The van der Waals surface area contributed by atoms with Gasteiger partial charge in [-0.05, 0) is 12.1 Å². The van der Waals surface area contributed by atoms with Crippen LogP contribution < -0.4 is 10.1 Å². The summed E-state index contributed by atoms with van der Waals surface area (Å²) in [6, 6.07) is 3.53. The van der Waals surface area contributed by atoms with Crippen LogP contribution in [-0.4, -0.2) is 44.3 Å². The molecule has 100 valence electrons. The fourth-order valence-electron chi connectivity index (χ4n) is 1.93. The maximum absolute atomic E-state index is 13.2. The quantitative estimate of drug-likeness (QED) is 0.835. The Labute approximate surface area is 104 Å². The molecule has 18 heavy (non-hydrogen) atoms. The van der Waals surface area contributed by atoms with Crippen molar-refractivity contribution in [2.75, 3.05) is 23.9 Å². The van der Waals surface area contributed by atoms with Crippen molar-refractivity contribution in [2.24, 2.45) is 0 Å². The summed E-state index contributed by atoms with van der Waals surface area (Å²) in [4.78, 5) is 0. The van der Waals surface area contributed by atoms with Gasteiger partial charge in [-0.1, -0.05) is 0 Å². The van der Waals surface area contributed by atoms with Crippen molar-refractivity contribution in [1.29, 1.82) is 0 Å². The number of aliphatic hydroxyl groups is 1. The van der Waals surface area contributed by atoms with Crippen LogP contribution >= 0.6 is 0 Å². The average Bonchev–Trinajstić information content (AvgIpc) is 2.54. The second-order valence-electron chi connectivity index (χ2n) is 4.24. The molecule has 2 unspecified atom stereocenters. The Balaban J connectivity index is 2.15. The van der Waals surface area contributed by atoms with Crippen molar-refractivity contribution >= 4 is 15.5 Å². The smallest absolute Gasteiger partial charge is 0.165 e. The fraction of sp³-hybridized carbons (Fsp3) is 0.455. The van der Waals surface area contributed by atoms with Gasteiger partial charge in [0.1, 0.15) is 0 Å². The summed E-state index contributed by atoms with van der Waals surface area (Å²) >= 11 is 0. The SMILES string of the molecule is COc1cc(NC2CS(=O)(=O)CC2O)ccc1F. The molecule has 1 fully saturated rings. The number of aliphatic hydroxyl groups excluding tert-OH is 1. The molecule has 0 saturated carbocycles. The van der Waals surface area contributed by atoms with E-state index in [4.69, 9.17) is 4.74 Å². The van der Waals surface area contributed by atoms with Gasteiger partial charge in [0.15, 0.2) is 21.4 Å². The van der Waals surface area contributed by atoms with Gasteiger partial charge in [-0.25, -0.2) is 12.8 Å². The molecule has 1 aromatic carbocycles. The minimum atomic E-state index is -3.21. The molecule has 0 radical (unpaired) electrons. The molecule has 0 aromatic heterocycles. The third-order valence-corrected chi connectivity index (χ3v) is 4.54. The fourth-order valence-corrected chi connectivity index (χ4v) is 3.67. The number of anilines is 1. The highest BCUT2D eigenvalue weighted by molar-refractivity contribution is 7.91. The Hall–Kier alpha value is -1.34. The number of hydrogen-bond donors (Lipinski definition) is 2. The molecule has 0 aliphatic carbocycles. The molecular formula is C11H14FNO4S. The Morgan fingerprint density at radius 1 is 1.44 bits per heavy atom. The van der Waals surface area contributed by atoms with Crippen LogP contribution in [0.1, 0.15) is 0 Å². The molecule has 0 spiro atoms. The van der Waals surface area contributed by atoms with Crippen LogP contribution in [0.3, 0.4) is 0 Å². The first-order chi connectivity index (χ1) is 8.41. The third kappa shape index (κ3) is 2.73. The first-order valence-electron chi connectivity index (χ1n) is 5.40. The van der Waals surface area contributed by atoms with Crippen molar-refractivity contribution in [3.63, 3.8) is 0 Å². The van der Waals surface area contributed by atoms with E-state index in [1.165, 1.54) is 25.3 Å². The number of halogens is 1. The van der Waals surface area contributed by atoms with Crippen LogP contribution in [0.15, 0.2) is 18.2 Å². The topological polar surface area (TPSA) is 75.6 Å². The van der Waals surface area contributed by atoms with Crippen LogP contribution in [0.25, 0.3) is 0 Å². The molecule has 1 heterocycles. The van der Waals surface area contributed by atoms with Crippen molar-refractivity contribution in [1.82, 2.24) is 0 Å². The van der Waals surface area contributed by atoms with Gasteiger partial charge in [-0.2, -0.15) is 0 Å². The molecule has 1 aliphatic heterocycles. The minimum absolute atomic E-state index is 0.0651. The number of benzene rings is 1. The molecule has 1 saturated heterocycles.